The maximum atomic E-state index is 2.40. The molecule has 1 heteroatoms. The van der Waals surface area contributed by atoms with Gasteiger partial charge in [-0.25, -0.2) is 0 Å². The third-order valence-corrected chi connectivity index (χ3v) is 3.92. The van der Waals surface area contributed by atoms with Crippen molar-refractivity contribution in [3.63, 3.8) is 0 Å². The molecule has 2 rings (SSSR count). The lowest BCUT2D eigenvalue weighted by atomic mass is 10.1. The molecule has 0 fully saturated rings. The average molecular weight is 173 g/mol. The Bertz CT molecular complexity index is 324. The number of benzene rings is 1. The van der Waals surface area contributed by atoms with Crippen molar-refractivity contribution in [3.8, 4) is 0 Å². The molecule has 0 saturated heterocycles. The third kappa shape index (κ3) is 1.14. The van der Waals surface area contributed by atoms with E-state index in [9.17, 15) is 0 Å². The first-order valence-corrected chi connectivity index (χ1v) is 6.88. The minimum Gasteiger partial charge on any atom is -0.0805 e. The van der Waals surface area contributed by atoms with Crippen LogP contribution in [0.25, 0.3) is 5.20 Å². The second kappa shape index (κ2) is 2.90. The highest BCUT2D eigenvalue weighted by molar-refractivity contribution is 6.77. The normalized spacial score (nSPS) is 14.8. The van der Waals surface area contributed by atoms with Crippen LogP contribution in [0.4, 0.5) is 0 Å². The monoisotopic (exact) mass is 173 g/mol. The molecule has 0 aliphatic heterocycles. The Balaban J connectivity index is 2.45. The molecule has 0 saturated carbocycles. The van der Waals surface area contributed by atoms with Crippen molar-refractivity contribution in [1.29, 1.82) is 0 Å². The van der Waals surface area contributed by atoms with Gasteiger partial charge in [0, 0.05) is 0 Å². The highest BCUT2D eigenvalue weighted by atomic mass is 28.3. The van der Waals surface area contributed by atoms with Crippen LogP contribution in [0.5, 0.6) is 0 Å². The lowest BCUT2D eigenvalue weighted by Gasteiger charge is -2.06. The molecular weight excluding hydrogens is 160 g/mol. The van der Waals surface area contributed by atoms with E-state index in [2.05, 4.69) is 43.4 Å². The standard InChI is InChI=1S/C11H13Si/c1-12(2)11-8-7-9-5-3-4-6-10(9)11/h3-6,8H,7H2,1-2H3. The van der Waals surface area contributed by atoms with E-state index in [0.29, 0.717) is 0 Å². The summed E-state index contributed by atoms with van der Waals surface area (Å²) in [5, 5.41) is 1.62. The molecule has 0 amide bonds. The van der Waals surface area contributed by atoms with Gasteiger partial charge in [0.05, 0.1) is 8.80 Å². The van der Waals surface area contributed by atoms with Crippen LogP contribution < -0.4 is 0 Å². The second-order valence-corrected chi connectivity index (χ2v) is 6.02. The largest absolute Gasteiger partial charge is 0.0805 e. The molecule has 0 bridgehead atoms. The second-order valence-electron chi connectivity index (χ2n) is 3.48. The summed E-state index contributed by atoms with van der Waals surface area (Å²) in [4.78, 5) is 0. The Hall–Kier alpha value is -0.823. The fraction of sp³-hybridized carbons (Fsp3) is 0.273. The molecule has 1 aromatic rings. The van der Waals surface area contributed by atoms with Gasteiger partial charge in [0.25, 0.3) is 0 Å². The summed E-state index contributed by atoms with van der Waals surface area (Å²) < 4.78 is 0. The lowest BCUT2D eigenvalue weighted by molar-refractivity contribution is 1.31. The van der Waals surface area contributed by atoms with Gasteiger partial charge in [-0.2, -0.15) is 0 Å². The van der Waals surface area contributed by atoms with Crippen molar-refractivity contribution in [2.75, 3.05) is 0 Å². The maximum absolute atomic E-state index is 2.40. The summed E-state index contributed by atoms with van der Waals surface area (Å²) in [5.41, 5.74) is 3.02. The molecule has 61 valence electrons. The van der Waals surface area contributed by atoms with Gasteiger partial charge in [-0.3, -0.25) is 0 Å². The van der Waals surface area contributed by atoms with Crippen molar-refractivity contribution in [3.05, 3.63) is 41.5 Å². The smallest absolute Gasteiger partial charge is 0.0795 e. The van der Waals surface area contributed by atoms with Crippen molar-refractivity contribution >= 4 is 14.0 Å². The van der Waals surface area contributed by atoms with Crippen LogP contribution in [0.1, 0.15) is 11.1 Å². The summed E-state index contributed by atoms with van der Waals surface area (Å²) in [6, 6.07) is 8.77. The molecule has 0 heterocycles. The zero-order chi connectivity index (χ0) is 8.55. The van der Waals surface area contributed by atoms with E-state index in [4.69, 9.17) is 0 Å². The number of hydrogen-bond acceptors (Lipinski definition) is 0. The van der Waals surface area contributed by atoms with E-state index >= 15 is 0 Å². The number of hydrogen-bond donors (Lipinski definition) is 0. The van der Waals surface area contributed by atoms with Crippen molar-refractivity contribution in [2.24, 2.45) is 0 Å². The fourth-order valence-corrected chi connectivity index (χ4v) is 3.05. The average Bonchev–Trinajstić information content (AvgIpc) is 2.47. The molecular formula is C11H13Si. The van der Waals surface area contributed by atoms with Crippen LogP contribution in [0.15, 0.2) is 30.3 Å². The quantitative estimate of drug-likeness (QED) is 0.573. The molecule has 1 radical (unpaired) electrons. The summed E-state index contributed by atoms with van der Waals surface area (Å²) >= 11 is 0. The van der Waals surface area contributed by atoms with E-state index < -0.39 is 0 Å². The molecule has 1 aromatic carbocycles. The van der Waals surface area contributed by atoms with Gasteiger partial charge >= 0.3 is 0 Å². The number of allylic oxidation sites excluding steroid dienone is 1. The van der Waals surface area contributed by atoms with Crippen LogP contribution in [0.2, 0.25) is 13.1 Å². The van der Waals surface area contributed by atoms with Crippen LogP contribution in [-0.2, 0) is 6.42 Å². The van der Waals surface area contributed by atoms with E-state index in [0.717, 1.165) is 6.42 Å². The van der Waals surface area contributed by atoms with Gasteiger partial charge in [-0.1, -0.05) is 48.6 Å². The van der Waals surface area contributed by atoms with Crippen molar-refractivity contribution in [2.45, 2.75) is 19.5 Å². The van der Waals surface area contributed by atoms with E-state index in [1.54, 1.807) is 5.20 Å². The number of fused-ring (bicyclic) bond motifs is 1. The lowest BCUT2D eigenvalue weighted by Crippen LogP contribution is -2.02. The Kier molecular flexibility index (Phi) is 1.89. The fourth-order valence-electron chi connectivity index (χ4n) is 1.76. The highest BCUT2D eigenvalue weighted by Crippen LogP contribution is 2.28. The van der Waals surface area contributed by atoms with Gasteiger partial charge < -0.3 is 0 Å². The molecule has 0 nitrogen and oxygen atoms in total. The zero-order valence-electron chi connectivity index (χ0n) is 7.59. The number of rotatable bonds is 1. The Morgan fingerprint density at radius 1 is 1.17 bits per heavy atom. The minimum absolute atomic E-state index is 0.263. The molecule has 0 spiro atoms. The van der Waals surface area contributed by atoms with Crippen LogP contribution >= 0.6 is 0 Å². The SMILES string of the molecule is C[Si](C)C1=CCc2ccccc21. The highest BCUT2D eigenvalue weighted by Gasteiger charge is 2.15. The first-order chi connectivity index (χ1) is 5.79. The van der Waals surface area contributed by atoms with E-state index in [-0.39, 0.29) is 8.80 Å². The van der Waals surface area contributed by atoms with Crippen LogP contribution in [0.3, 0.4) is 0 Å². The molecule has 0 aromatic heterocycles. The molecule has 0 unspecified atom stereocenters. The molecule has 12 heavy (non-hydrogen) atoms. The van der Waals surface area contributed by atoms with Gasteiger partial charge in [-0.05, 0) is 17.5 Å². The first kappa shape index (κ1) is 7.81. The molecule has 1 aliphatic rings. The Morgan fingerprint density at radius 2 is 1.92 bits per heavy atom. The Morgan fingerprint density at radius 3 is 2.67 bits per heavy atom. The van der Waals surface area contributed by atoms with Gasteiger partial charge in [-0.15, -0.1) is 0 Å². The summed E-state index contributed by atoms with van der Waals surface area (Å²) in [6.07, 6.45) is 3.56. The van der Waals surface area contributed by atoms with E-state index in [1.807, 2.05) is 0 Å². The van der Waals surface area contributed by atoms with Gasteiger partial charge in [0.1, 0.15) is 0 Å². The van der Waals surface area contributed by atoms with Gasteiger partial charge in [0.2, 0.25) is 0 Å². The molecule has 0 N–H and O–H groups in total. The van der Waals surface area contributed by atoms with Crippen LogP contribution in [0, 0.1) is 0 Å². The summed E-state index contributed by atoms with van der Waals surface area (Å²) in [7, 11) is -0.263. The van der Waals surface area contributed by atoms with E-state index in [1.165, 1.54) is 11.1 Å². The predicted molar refractivity (Wildman–Crippen MR) is 55.6 cm³/mol. The topological polar surface area (TPSA) is 0 Å². The molecule has 1 aliphatic carbocycles. The molecule has 0 atom stereocenters. The Labute approximate surface area is 75.5 Å². The van der Waals surface area contributed by atoms with Crippen LogP contribution in [-0.4, -0.2) is 8.80 Å². The predicted octanol–water partition coefficient (Wildman–Crippen LogP) is 2.92. The van der Waals surface area contributed by atoms with Crippen molar-refractivity contribution < 1.29 is 0 Å². The summed E-state index contributed by atoms with van der Waals surface area (Å²) in [6.45, 7) is 4.72. The minimum atomic E-state index is -0.263. The third-order valence-electron chi connectivity index (χ3n) is 2.37. The van der Waals surface area contributed by atoms with Crippen molar-refractivity contribution in [1.82, 2.24) is 0 Å². The maximum Gasteiger partial charge on any atom is 0.0795 e. The first-order valence-electron chi connectivity index (χ1n) is 4.38. The zero-order valence-corrected chi connectivity index (χ0v) is 8.59. The van der Waals surface area contributed by atoms with Gasteiger partial charge in [0.15, 0.2) is 0 Å². The summed E-state index contributed by atoms with van der Waals surface area (Å²) in [5.74, 6) is 0.